The van der Waals surface area contributed by atoms with E-state index in [0.717, 1.165) is 17.7 Å². The number of rotatable bonds is 5. The molecule has 19 heavy (non-hydrogen) atoms. The highest BCUT2D eigenvalue weighted by Crippen LogP contribution is 2.15. The van der Waals surface area contributed by atoms with Crippen molar-refractivity contribution in [2.75, 3.05) is 5.73 Å². The highest BCUT2D eigenvalue weighted by Gasteiger charge is 2.04. The Morgan fingerprint density at radius 1 is 1.26 bits per heavy atom. The first-order valence-electron chi connectivity index (χ1n) is 6.29. The molecule has 0 fully saturated rings. The number of hydrogen-bond donors (Lipinski definition) is 2. The van der Waals surface area contributed by atoms with Gasteiger partial charge in [-0.25, -0.2) is 0 Å². The number of nitrogens with two attached hydrogens (primary N) is 1. The standard InChI is InChI=1S/C15H18N2OS/c1-11-8-9-19-14(11)10-17-15(18)7-4-12-2-5-13(16)6-3-12/h2-3,5-6,8-9H,4,7,10,16H2,1H3,(H,17,18). The molecular weight excluding hydrogens is 256 g/mol. The van der Waals surface area contributed by atoms with Gasteiger partial charge in [-0.1, -0.05) is 12.1 Å². The van der Waals surface area contributed by atoms with Crippen molar-refractivity contribution in [1.29, 1.82) is 0 Å². The van der Waals surface area contributed by atoms with Crippen LogP contribution >= 0.6 is 11.3 Å². The summed E-state index contributed by atoms with van der Waals surface area (Å²) < 4.78 is 0. The molecule has 3 nitrogen and oxygen atoms in total. The number of nitrogen functional groups attached to an aromatic ring is 1. The zero-order chi connectivity index (χ0) is 13.7. The number of nitrogens with one attached hydrogen (secondary N) is 1. The van der Waals surface area contributed by atoms with Gasteiger partial charge in [0.15, 0.2) is 0 Å². The van der Waals surface area contributed by atoms with Crippen LogP contribution in [0, 0.1) is 6.92 Å². The molecule has 2 aromatic rings. The first kappa shape index (κ1) is 13.6. The van der Waals surface area contributed by atoms with Crippen LogP contribution in [0.4, 0.5) is 5.69 Å². The lowest BCUT2D eigenvalue weighted by Gasteiger charge is -2.05. The lowest BCUT2D eigenvalue weighted by molar-refractivity contribution is -0.121. The Labute approximate surface area is 117 Å². The number of aryl methyl sites for hydroxylation is 2. The summed E-state index contributed by atoms with van der Waals surface area (Å²) in [4.78, 5) is 13.0. The normalized spacial score (nSPS) is 10.4. The van der Waals surface area contributed by atoms with Crippen LogP contribution in [0.1, 0.15) is 22.4 Å². The number of anilines is 1. The van der Waals surface area contributed by atoms with Gasteiger partial charge in [-0.2, -0.15) is 0 Å². The van der Waals surface area contributed by atoms with Gasteiger partial charge in [0, 0.05) is 17.0 Å². The van der Waals surface area contributed by atoms with Gasteiger partial charge < -0.3 is 11.1 Å². The third-order valence-corrected chi connectivity index (χ3v) is 4.06. The molecule has 0 bridgehead atoms. The molecule has 1 heterocycles. The minimum atomic E-state index is 0.0876. The monoisotopic (exact) mass is 274 g/mol. The van der Waals surface area contributed by atoms with E-state index in [1.807, 2.05) is 29.6 Å². The van der Waals surface area contributed by atoms with Crippen LogP contribution in [0.5, 0.6) is 0 Å². The lowest BCUT2D eigenvalue weighted by Crippen LogP contribution is -2.22. The molecule has 2 rings (SSSR count). The van der Waals surface area contributed by atoms with Crippen molar-refractivity contribution in [2.24, 2.45) is 0 Å². The van der Waals surface area contributed by atoms with Crippen molar-refractivity contribution in [1.82, 2.24) is 5.32 Å². The van der Waals surface area contributed by atoms with E-state index < -0.39 is 0 Å². The van der Waals surface area contributed by atoms with E-state index in [2.05, 4.69) is 18.3 Å². The molecule has 100 valence electrons. The van der Waals surface area contributed by atoms with Gasteiger partial charge in [0.05, 0.1) is 6.54 Å². The first-order chi connectivity index (χ1) is 9.15. The van der Waals surface area contributed by atoms with Gasteiger partial charge in [-0.15, -0.1) is 11.3 Å². The van der Waals surface area contributed by atoms with Crippen molar-refractivity contribution in [3.63, 3.8) is 0 Å². The fourth-order valence-electron chi connectivity index (χ4n) is 1.79. The summed E-state index contributed by atoms with van der Waals surface area (Å²) in [5, 5.41) is 5.00. The van der Waals surface area contributed by atoms with Crippen LogP contribution in [0.15, 0.2) is 35.7 Å². The van der Waals surface area contributed by atoms with E-state index in [0.29, 0.717) is 13.0 Å². The predicted molar refractivity (Wildman–Crippen MR) is 80.1 cm³/mol. The molecule has 1 aromatic carbocycles. The van der Waals surface area contributed by atoms with Crippen LogP contribution in [0.2, 0.25) is 0 Å². The molecule has 4 heteroatoms. The Bertz CT molecular complexity index is 546. The Morgan fingerprint density at radius 3 is 2.63 bits per heavy atom. The summed E-state index contributed by atoms with van der Waals surface area (Å²) in [6, 6.07) is 9.73. The highest BCUT2D eigenvalue weighted by molar-refractivity contribution is 7.10. The minimum absolute atomic E-state index is 0.0876. The predicted octanol–water partition coefficient (Wildman–Crippen LogP) is 2.89. The molecule has 0 saturated carbocycles. The van der Waals surface area contributed by atoms with Crippen LogP contribution in [0.25, 0.3) is 0 Å². The van der Waals surface area contributed by atoms with E-state index in [4.69, 9.17) is 5.73 Å². The number of carbonyl (C=O) groups is 1. The second kappa shape index (κ2) is 6.38. The number of thiophene rings is 1. The molecule has 3 N–H and O–H groups in total. The summed E-state index contributed by atoms with van der Waals surface area (Å²) in [6.45, 7) is 2.69. The molecule has 0 atom stereocenters. The van der Waals surface area contributed by atoms with Gasteiger partial charge >= 0.3 is 0 Å². The van der Waals surface area contributed by atoms with Crippen LogP contribution in [0.3, 0.4) is 0 Å². The van der Waals surface area contributed by atoms with Gasteiger partial charge in [0.25, 0.3) is 0 Å². The molecule has 0 radical (unpaired) electrons. The summed E-state index contributed by atoms with van der Waals surface area (Å²) in [7, 11) is 0. The topological polar surface area (TPSA) is 55.1 Å². The van der Waals surface area contributed by atoms with Crippen LogP contribution < -0.4 is 11.1 Å². The smallest absolute Gasteiger partial charge is 0.220 e. The van der Waals surface area contributed by atoms with E-state index >= 15 is 0 Å². The molecule has 1 amide bonds. The summed E-state index contributed by atoms with van der Waals surface area (Å²) in [5.74, 6) is 0.0876. The van der Waals surface area contributed by atoms with Crippen molar-refractivity contribution in [3.05, 3.63) is 51.7 Å². The molecule has 0 aliphatic carbocycles. The lowest BCUT2D eigenvalue weighted by atomic mass is 10.1. The molecule has 0 aliphatic rings. The summed E-state index contributed by atoms with van der Waals surface area (Å²) >= 11 is 1.68. The van der Waals surface area contributed by atoms with Gasteiger partial charge in [0.1, 0.15) is 0 Å². The zero-order valence-corrected chi connectivity index (χ0v) is 11.8. The number of amides is 1. The fraction of sp³-hybridized carbons (Fsp3) is 0.267. The van der Waals surface area contributed by atoms with E-state index in [9.17, 15) is 4.79 Å². The average Bonchev–Trinajstić information content (AvgIpc) is 2.81. The Morgan fingerprint density at radius 2 is 2.00 bits per heavy atom. The third-order valence-electron chi connectivity index (χ3n) is 3.03. The summed E-state index contributed by atoms with van der Waals surface area (Å²) in [6.07, 6.45) is 1.25. The van der Waals surface area contributed by atoms with Gasteiger partial charge in [0.2, 0.25) is 5.91 Å². The van der Waals surface area contributed by atoms with Gasteiger partial charge in [-0.3, -0.25) is 4.79 Å². The van der Waals surface area contributed by atoms with Crippen molar-refractivity contribution < 1.29 is 4.79 Å². The largest absolute Gasteiger partial charge is 0.399 e. The summed E-state index contributed by atoms with van der Waals surface area (Å²) in [5.41, 5.74) is 8.75. The SMILES string of the molecule is Cc1ccsc1CNC(=O)CCc1ccc(N)cc1. The first-order valence-corrected chi connectivity index (χ1v) is 7.17. The quantitative estimate of drug-likeness (QED) is 0.824. The van der Waals surface area contributed by atoms with Crippen LogP contribution in [-0.4, -0.2) is 5.91 Å². The third kappa shape index (κ3) is 4.10. The fourth-order valence-corrected chi connectivity index (χ4v) is 2.64. The average molecular weight is 274 g/mol. The number of benzene rings is 1. The van der Waals surface area contributed by atoms with Gasteiger partial charge in [-0.05, 0) is 48.1 Å². The molecule has 1 aromatic heterocycles. The Hall–Kier alpha value is -1.81. The molecule has 0 spiro atoms. The van der Waals surface area contributed by atoms with E-state index in [1.54, 1.807) is 11.3 Å². The molecule has 0 saturated heterocycles. The maximum Gasteiger partial charge on any atom is 0.220 e. The Kier molecular flexibility index (Phi) is 4.58. The Balaban J connectivity index is 1.76. The van der Waals surface area contributed by atoms with Crippen LogP contribution in [-0.2, 0) is 17.8 Å². The number of hydrogen-bond acceptors (Lipinski definition) is 3. The minimum Gasteiger partial charge on any atom is -0.399 e. The van der Waals surface area contributed by atoms with Crippen molar-refractivity contribution >= 4 is 22.9 Å². The second-order valence-corrected chi connectivity index (χ2v) is 5.55. The van der Waals surface area contributed by atoms with E-state index in [-0.39, 0.29) is 5.91 Å². The second-order valence-electron chi connectivity index (χ2n) is 4.55. The number of carbonyl (C=O) groups excluding carboxylic acids is 1. The molecule has 0 unspecified atom stereocenters. The molecule has 0 aliphatic heterocycles. The molecular formula is C15H18N2OS. The van der Waals surface area contributed by atoms with Crippen molar-refractivity contribution in [3.8, 4) is 0 Å². The highest BCUT2D eigenvalue weighted by atomic mass is 32.1. The van der Waals surface area contributed by atoms with E-state index in [1.165, 1.54) is 10.4 Å². The maximum atomic E-state index is 11.8. The maximum absolute atomic E-state index is 11.8. The zero-order valence-electron chi connectivity index (χ0n) is 11.0. The van der Waals surface area contributed by atoms with Crippen molar-refractivity contribution in [2.45, 2.75) is 26.3 Å².